The first kappa shape index (κ1) is 13.2. The smallest absolute Gasteiger partial charge is 0.358 e. The number of carboxylic acids is 1. The number of aromatic nitrogens is 2. The molecule has 18 heavy (non-hydrogen) atoms. The van der Waals surface area contributed by atoms with Gasteiger partial charge in [0.15, 0.2) is 11.5 Å². The highest BCUT2D eigenvalue weighted by atomic mass is 79.9. The van der Waals surface area contributed by atoms with E-state index < -0.39 is 5.97 Å². The van der Waals surface area contributed by atoms with Crippen LogP contribution in [-0.2, 0) is 4.79 Å². The second-order valence-corrected chi connectivity index (χ2v) is 5.02. The minimum absolute atomic E-state index is 0.0197. The molecule has 0 saturated carbocycles. The third-order valence-corrected chi connectivity index (χ3v) is 3.42. The van der Waals surface area contributed by atoms with Crippen molar-refractivity contribution in [2.24, 2.45) is 5.92 Å². The summed E-state index contributed by atoms with van der Waals surface area (Å²) in [6.07, 6.45) is 1.67. The van der Waals surface area contributed by atoms with Crippen LogP contribution in [0.25, 0.3) is 0 Å². The third kappa shape index (κ3) is 2.46. The van der Waals surface area contributed by atoms with E-state index >= 15 is 0 Å². The Labute approximate surface area is 116 Å². The molecular weight excluding hydrogens is 325 g/mol. The third-order valence-electron chi connectivity index (χ3n) is 2.61. The predicted octanol–water partition coefficient (Wildman–Crippen LogP) is 1.53. The molecule has 0 radical (unpaired) electrons. The van der Waals surface area contributed by atoms with E-state index in [-0.39, 0.29) is 23.3 Å². The van der Waals surface area contributed by atoms with Gasteiger partial charge < -0.3 is 5.11 Å². The Balaban J connectivity index is 2.39. The summed E-state index contributed by atoms with van der Waals surface area (Å²) >= 11 is 8.77. The summed E-state index contributed by atoms with van der Waals surface area (Å²) < 4.78 is 0.309. The molecule has 96 valence electrons. The van der Waals surface area contributed by atoms with E-state index in [0.29, 0.717) is 23.4 Å². The number of amides is 1. The first-order valence-electron chi connectivity index (χ1n) is 5.15. The van der Waals surface area contributed by atoms with Gasteiger partial charge in [-0.15, -0.1) is 11.6 Å². The summed E-state index contributed by atoms with van der Waals surface area (Å²) in [5, 5.41) is 9.07. The quantitative estimate of drug-likeness (QED) is 0.848. The van der Waals surface area contributed by atoms with Crippen LogP contribution in [0.1, 0.15) is 16.9 Å². The zero-order valence-corrected chi connectivity index (χ0v) is 11.5. The SMILES string of the molecule is O=C(O)c1nc(Br)cnc1N1CC(CCl)CC1=O. The maximum atomic E-state index is 11.8. The van der Waals surface area contributed by atoms with Crippen LogP contribution in [0.3, 0.4) is 0 Å². The number of hydrogen-bond acceptors (Lipinski definition) is 4. The lowest BCUT2D eigenvalue weighted by Gasteiger charge is -2.16. The summed E-state index contributed by atoms with van der Waals surface area (Å²) in [5.41, 5.74) is -0.243. The van der Waals surface area contributed by atoms with Crippen LogP contribution in [0.5, 0.6) is 0 Å². The van der Waals surface area contributed by atoms with Crippen molar-refractivity contribution in [3.8, 4) is 0 Å². The van der Waals surface area contributed by atoms with Crippen molar-refractivity contribution in [2.75, 3.05) is 17.3 Å². The lowest BCUT2D eigenvalue weighted by molar-refractivity contribution is -0.117. The van der Waals surface area contributed by atoms with Gasteiger partial charge in [-0.25, -0.2) is 14.8 Å². The largest absolute Gasteiger partial charge is 0.476 e. The molecule has 6 nitrogen and oxygen atoms in total. The summed E-state index contributed by atoms with van der Waals surface area (Å²) in [7, 11) is 0. The number of carboxylic acid groups (broad SMARTS) is 1. The Morgan fingerprint density at radius 2 is 2.39 bits per heavy atom. The molecule has 1 amide bonds. The average Bonchev–Trinajstić information content (AvgIpc) is 2.70. The topological polar surface area (TPSA) is 83.4 Å². The molecule has 1 N–H and O–H groups in total. The Hall–Kier alpha value is -1.21. The lowest BCUT2D eigenvalue weighted by Crippen LogP contribution is -2.28. The van der Waals surface area contributed by atoms with E-state index in [0.717, 1.165) is 0 Å². The molecule has 1 aliphatic heterocycles. The van der Waals surface area contributed by atoms with Crippen molar-refractivity contribution in [2.45, 2.75) is 6.42 Å². The van der Waals surface area contributed by atoms with Crippen LogP contribution in [0.15, 0.2) is 10.8 Å². The predicted molar refractivity (Wildman–Crippen MR) is 67.9 cm³/mol. The van der Waals surface area contributed by atoms with Crippen molar-refractivity contribution in [3.63, 3.8) is 0 Å². The fourth-order valence-electron chi connectivity index (χ4n) is 1.79. The van der Waals surface area contributed by atoms with Gasteiger partial charge in [-0.2, -0.15) is 0 Å². The van der Waals surface area contributed by atoms with Gasteiger partial charge in [0.05, 0.1) is 6.20 Å². The Kier molecular flexibility index (Phi) is 3.82. The molecule has 1 aromatic heterocycles. The van der Waals surface area contributed by atoms with Crippen molar-refractivity contribution < 1.29 is 14.7 Å². The fourth-order valence-corrected chi connectivity index (χ4v) is 2.28. The van der Waals surface area contributed by atoms with E-state index in [9.17, 15) is 9.59 Å². The van der Waals surface area contributed by atoms with Crippen LogP contribution >= 0.6 is 27.5 Å². The van der Waals surface area contributed by atoms with E-state index in [1.54, 1.807) is 0 Å². The average molecular weight is 335 g/mol. The highest BCUT2D eigenvalue weighted by molar-refractivity contribution is 9.10. The molecule has 1 saturated heterocycles. The summed E-state index contributed by atoms with van der Waals surface area (Å²) in [6.45, 7) is 0.374. The van der Waals surface area contributed by atoms with Crippen LogP contribution in [0.2, 0.25) is 0 Å². The first-order chi connectivity index (χ1) is 8.52. The number of aromatic carboxylic acids is 1. The highest BCUT2D eigenvalue weighted by Crippen LogP contribution is 2.26. The molecule has 2 rings (SSSR count). The van der Waals surface area contributed by atoms with Crippen LogP contribution < -0.4 is 4.90 Å². The summed E-state index contributed by atoms with van der Waals surface area (Å²) in [4.78, 5) is 32.0. The van der Waals surface area contributed by atoms with Crippen molar-refractivity contribution >= 4 is 45.2 Å². The van der Waals surface area contributed by atoms with Gasteiger partial charge in [0, 0.05) is 18.8 Å². The number of rotatable bonds is 3. The number of alkyl halides is 1. The van der Waals surface area contributed by atoms with Gasteiger partial charge in [-0.1, -0.05) is 0 Å². The van der Waals surface area contributed by atoms with Gasteiger partial charge in [0.1, 0.15) is 4.60 Å². The second-order valence-electron chi connectivity index (χ2n) is 3.90. The van der Waals surface area contributed by atoms with E-state index in [1.807, 2.05) is 0 Å². The van der Waals surface area contributed by atoms with E-state index in [4.69, 9.17) is 16.7 Å². The van der Waals surface area contributed by atoms with Crippen LogP contribution in [0, 0.1) is 5.92 Å². The number of anilines is 1. The number of nitrogens with zero attached hydrogens (tertiary/aromatic N) is 3. The number of carbonyl (C=O) groups is 2. The van der Waals surface area contributed by atoms with Gasteiger partial charge in [0.2, 0.25) is 5.91 Å². The van der Waals surface area contributed by atoms with E-state index in [2.05, 4.69) is 25.9 Å². The minimum atomic E-state index is -1.22. The summed E-state index contributed by atoms with van der Waals surface area (Å²) in [5.74, 6) is -0.954. The zero-order chi connectivity index (χ0) is 13.3. The molecule has 0 bridgehead atoms. The molecule has 1 aromatic rings. The standard InChI is InChI=1S/C10H9BrClN3O3/c11-6-3-13-9(8(14-6)10(17)18)15-4-5(2-12)1-7(15)16/h3,5H,1-2,4H2,(H,17,18). The van der Waals surface area contributed by atoms with Gasteiger partial charge >= 0.3 is 5.97 Å². The van der Waals surface area contributed by atoms with E-state index in [1.165, 1.54) is 11.1 Å². The Morgan fingerprint density at radius 1 is 1.67 bits per heavy atom. The second kappa shape index (κ2) is 5.19. The molecular formula is C10H9BrClN3O3. The number of carbonyl (C=O) groups excluding carboxylic acids is 1. The first-order valence-corrected chi connectivity index (χ1v) is 6.48. The van der Waals surface area contributed by atoms with Crippen LogP contribution in [0.4, 0.5) is 5.82 Å². The van der Waals surface area contributed by atoms with Gasteiger partial charge in [0.25, 0.3) is 0 Å². The molecule has 0 spiro atoms. The zero-order valence-electron chi connectivity index (χ0n) is 9.14. The summed E-state index contributed by atoms with van der Waals surface area (Å²) in [6, 6.07) is 0. The maximum Gasteiger partial charge on any atom is 0.358 e. The molecule has 1 fully saturated rings. The lowest BCUT2D eigenvalue weighted by atomic mass is 10.1. The molecule has 1 aliphatic rings. The monoisotopic (exact) mass is 333 g/mol. The number of halogens is 2. The van der Waals surface area contributed by atoms with Crippen LogP contribution in [-0.4, -0.2) is 39.4 Å². The Morgan fingerprint density at radius 3 is 2.94 bits per heavy atom. The molecule has 1 unspecified atom stereocenters. The molecule has 1 atom stereocenters. The molecule has 0 aromatic carbocycles. The molecule has 0 aliphatic carbocycles. The number of hydrogen-bond donors (Lipinski definition) is 1. The van der Waals surface area contributed by atoms with Crippen molar-refractivity contribution in [1.29, 1.82) is 0 Å². The highest BCUT2D eigenvalue weighted by Gasteiger charge is 2.33. The maximum absolute atomic E-state index is 11.8. The minimum Gasteiger partial charge on any atom is -0.476 e. The molecule has 8 heteroatoms. The Bertz CT molecular complexity index is 511. The fraction of sp³-hybridized carbons (Fsp3) is 0.400. The van der Waals surface area contributed by atoms with Crippen molar-refractivity contribution in [1.82, 2.24) is 9.97 Å². The van der Waals surface area contributed by atoms with Gasteiger partial charge in [-0.05, 0) is 21.8 Å². The van der Waals surface area contributed by atoms with Crippen molar-refractivity contribution in [3.05, 3.63) is 16.5 Å². The molecule has 2 heterocycles. The normalized spacial score (nSPS) is 19.3. The van der Waals surface area contributed by atoms with Gasteiger partial charge in [-0.3, -0.25) is 9.69 Å².